The second kappa shape index (κ2) is 11.4. The highest BCUT2D eigenvalue weighted by molar-refractivity contribution is 8.32. The summed E-state index contributed by atoms with van der Waals surface area (Å²) in [5.74, 6) is 1.30. The lowest BCUT2D eigenvalue weighted by atomic mass is 9.95. The van der Waals surface area contributed by atoms with Gasteiger partial charge in [-0.25, -0.2) is 10.0 Å². The minimum absolute atomic E-state index is 0.0289. The molecule has 0 bridgehead atoms. The molecule has 1 saturated heterocycles. The van der Waals surface area contributed by atoms with Crippen LogP contribution in [0.4, 0.5) is 5.69 Å². The number of halogens is 2. The van der Waals surface area contributed by atoms with Crippen LogP contribution in [-0.4, -0.2) is 73.5 Å². The van der Waals surface area contributed by atoms with Gasteiger partial charge in [-0.05, 0) is 49.8 Å². The Kier molecular flexibility index (Phi) is 9.60. The van der Waals surface area contributed by atoms with E-state index in [1.807, 2.05) is 12.1 Å². The zero-order chi connectivity index (χ0) is 21.4. The molecule has 164 valence electrons. The summed E-state index contributed by atoms with van der Waals surface area (Å²) in [6, 6.07) is 7.25. The summed E-state index contributed by atoms with van der Waals surface area (Å²) in [5, 5.41) is 0.571. The molecule has 1 atom stereocenters. The number of carbonyl (C=O) groups excluding carboxylic acids is 2. The van der Waals surface area contributed by atoms with Crippen LogP contribution in [0.5, 0.6) is 0 Å². The maximum Gasteiger partial charge on any atom is 0.233 e. The second-order valence-electron chi connectivity index (χ2n) is 8.20. The fourth-order valence-electron chi connectivity index (χ4n) is 3.18. The molecule has 1 aliphatic heterocycles. The molecule has 0 spiro atoms. The number of benzene rings is 1. The summed E-state index contributed by atoms with van der Waals surface area (Å²) in [6.07, 6.45) is 8.39. The average Bonchev–Trinajstić information content (AvgIpc) is 2.66. The lowest BCUT2D eigenvalue weighted by Gasteiger charge is -2.35. The van der Waals surface area contributed by atoms with Gasteiger partial charge in [0, 0.05) is 41.9 Å². The van der Waals surface area contributed by atoms with Gasteiger partial charge in [0.05, 0.1) is 12.5 Å². The van der Waals surface area contributed by atoms with E-state index in [1.54, 1.807) is 21.9 Å². The van der Waals surface area contributed by atoms with E-state index in [0.717, 1.165) is 17.9 Å². The van der Waals surface area contributed by atoms with Gasteiger partial charge in [0.25, 0.3) is 0 Å². The predicted octanol–water partition coefficient (Wildman–Crippen LogP) is 4.21. The molecule has 2 amide bonds. The number of piperidine rings is 1. The Morgan fingerprint density at radius 1 is 1.34 bits per heavy atom. The average molecular weight is 463 g/mol. The number of amides is 2. The van der Waals surface area contributed by atoms with Crippen LogP contribution in [0.2, 0.25) is 5.02 Å². The number of nitrogens with zero attached hydrogens (tertiary/aromatic N) is 2. The first-order chi connectivity index (χ1) is 13.7. The number of anilines is 1. The number of rotatable bonds is 10. The van der Waals surface area contributed by atoms with Gasteiger partial charge in [0.1, 0.15) is 6.73 Å². The van der Waals surface area contributed by atoms with Crippen LogP contribution in [0, 0.1) is 5.92 Å². The van der Waals surface area contributed by atoms with Crippen molar-refractivity contribution in [1.82, 2.24) is 4.90 Å². The summed E-state index contributed by atoms with van der Waals surface area (Å²) in [4.78, 5) is 29.0. The van der Waals surface area contributed by atoms with Crippen molar-refractivity contribution in [3.05, 3.63) is 29.3 Å². The van der Waals surface area contributed by atoms with Crippen molar-refractivity contribution in [2.45, 2.75) is 19.3 Å². The monoisotopic (exact) mass is 462 g/mol. The molecule has 0 saturated carbocycles. The van der Waals surface area contributed by atoms with Crippen molar-refractivity contribution < 1.29 is 14.3 Å². The summed E-state index contributed by atoms with van der Waals surface area (Å²) in [5.41, 5.74) is 0.717. The Bertz CT molecular complexity index is 697. The van der Waals surface area contributed by atoms with Crippen LogP contribution in [-0.2, 0) is 14.3 Å². The zero-order valence-corrected chi connectivity index (χ0v) is 19.9. The molecule has 0 N–H and O–H groups in total. The SMILES string of the molecule is CS(C)(C)CCOCN(C(=O)C1CCC(=O)N(CCCCl)C1)c1cccc(Cl)c1. The second-order valence-corrected chi connectivity index (χ2v) is 13.6. The number of likely N-dealkylation sites (tertiary alicyclic amines) is 1. The zero-order valence-electron chi connectivity index (χ0n) is 17.5. The molecular formula is C21H32Cl2N2O3S. The van der Waals surface area contributed by atoms with Crippen molar-refractivity contribution in [1.29, 1.82) is 0 Å². The third kappa shape index (κ3) is 8.00. The number of hydrogen-bond donors (Lipinski definition) is 0. The van der Waals surface area contributed by atoms with Crippen LogP contribution in [0.1, 0.15) is 19.3 Å². The lowest BCUT2D eigenvalue weighted by Crippen LogP contribution is -2.48. The van der Waals surface area contributed by atoms with E-state index < -0.39 is 10.0 Å². The number of alkyl halides is 1. The molecule has 0 radical (unpaired) electrons. The molecule has 0 aliphatic carbocycles. The Morgan fingerprint density at radius 2 is 2.10 bits per heavy atom. The minimum atomic E-state index is -0.661. The summed E-state index contributed by atoms with van der Waals surface area (Å²) in [6.45, 7) is 1.81. The topological polar surface area (TPSA) is 49.9 Å². The van der Waals surface area contributed by atoms with Crippen LogP contribution in [0.15, 0.2) is 24.3 Å². The van der Waals surface area contributed by atoms with Crippen molar-refractivity contribution >= 4 is 50.7 Å². The Hall–Kier alpha value is -0.950. The maximum absolute atomic E-state index is 13.4. The molecular weight excluding hydrogens is 431 g/mol. The van der Waals surface area contributed by atoms with E-state index in [4.69, 9.17) is 27.9 Å². The van der Waals surface area contributed by atoms with E-state index in [-0.39, 0.29) is 24.5 Å². The first-order valence-corrected chi connectivity index (χ1v) is 13.8. The van der Waals surface area contributed by atoms with Gasteiger partial charge in [-0.3, -0.25) is 14.5 Å². The van der Waals surface area contributed by atoms with Gasteiger partial charge < -0.3 is 9.64 Å². The smallest absolute Gasteiger partial charge is 0.233 e. The molecule has 1 fully saturated rings. The van der Waals surface area contributed by atoms with Crippen molar-refractivity contribution in [2.24, 2.45) is 5.92 Å². The Balaban J connectivity index is 2.10. The van der Waals surface area contributed by atoms with E-state index in [0.29, 0.717) is 43.4 Å². The van der Waals surface area contributed by atoms with E-state index in [2.05, 4.69) is 18.8 Å². The highest BCUT2D eigenvalue weighted by atomic mass is 35.5. The van der Waals surface area contributed by atoms with Crippen LogP contribution in [0.25, 0.3) is 0 Å². The molecule has 0 aromatic heterocycles. The van der Waals surface area contributed by atoms with E-state index in [9.17, 15) is 9.59 Å². The predicted molar refractivity (Wildman–Crippen MR) is 125 cm³/mol. The first kappa shape index (κ1) is 24.3. The maximum atomic E-state index is 13.4. The molecule has 29 heavy (non-hydrogen) atoms. The van der Waals surface area contributed by atoms with Gasteiger partial charge in [0.15, 0.2) is 0 Å². The Morgan fingerprint density at radius 3 is 2.76 bits per heavy atom. The summed E-state index contributed by atoms with van der Waals surface area (Å²) in [7, 11) is -0.661. The van der Waals surface area contributed by atoms with E-state index >= 15 is 0 Å². The molecule has 1 unspecified atom stereocenters. The van der Waals surface area contributed by atoms with Gasteiger partial charge >= 0.3 is 0 Å². The van der Waals surface area contributed by atoms with Crippen molar-refractivity contribution in [3.8, 4) is 0 Å². The third-order valence-electron chi connectivity index (χ3n) is 4.86. The van der Waals surface area contributed by atoms with Crippen molar-refractivity contribution in [3.63, 3.8) is 0 Å². The molecule has 2 rings (SSSR count). The standard InChI is InChI=1S/C21H32Cl2N2O3S/c1-29(2,3)13-12-28-16-25(19-7-4-6-18(23)14-19)21(27)17-8-9-20(26)24(15-17)11-5-10-22/h4,6-7,14,17H,5,8-13,15-16H2,1-3H3. The molecule has 1 aliphatic rings. The number of carbonyl (C=O) groups is 2. The van der Waals surface area contributed by atoms with Gasteiger partial charge in [-0.15, -0.1) is 11.6 Å². The molecule has 8 heteroatoms. The van der Waals surface area contributed by atoms with Gasteiger partial charge in [-0.1, -0.05) is 17.7 Å². The molecule has 5 nitrogen and oxygen atoms in total. The Labute approximate surface area is 186 Å². The van der Waals surface area contributed by atoms with Crippen LogP contribution in [0.3, 0.4) is 0 Å². The van der Waals surface area contributed by atoms with Gasteiger partial charge in [0.2, 0.25) is 11.8 Å². The third-order valence-corrected chi connectivity index (χ3v) is 6.75. The molecule has 1 heterocycles. The fraction of sp³-hybridized carbons (Fsp3) is 0.619. The number of ether oxygens (including phenoxy) is 1. The summed E-state index contributed by atoms with van der Waals surface area (Å²) < 4.78 is 5.88. The highest BCUT2D eigenvalue weighted by Crippen LogP contribution is 2.33. The minimum Gasteiger partial charge on any atom is -0.360 e. The normalized spacial score (nSPS) is 18.0. The van der Waals surface area contributed by atoms with E-state index in [1.165, 1.54) is 0 Å². The van der Waals surface area contributed by atoms with Crippen LogP contribution >= 0.6 is 33.2 Å². The molecule has 1 aromatic rings. The number of hydrogen-bond acceptors (Lipinski definition) is 3. The van der Waals surface area contributed by atoms with Crippen LogP contribution < -0.4 is 4.90 Å². The van der Waals surface area contributed by atoms with Gasteiger partial charge in [-0.2, -0.15) is 0 Å². The molecule has 1 aromatic carbocycles. The summed E-state index contributed by atoms with van der Waals surface area (Å²) >= 11 is 11.9. The highest BCUT2D eigenvalue weighted by Gasteiger charge is 2.33. The largest absolute Gasteiger partial charge is 0.360 e. The quantitative estimate of drug-likeness (QED) is 0.297. The fourth-order valence-corrected chi connectivity index (χ4v) is 4.10. The van der Waals surface area contributed by atoms with Crippen molar-refractivity contribution in [2.75, 3.05) is 61.7 Å². The first-order valence-electron chi connectivity index (χ1n) is 9.85. The lowest BCUT2D eigenvalue weighted by molar-refractivity contribution is -0.137.